The van der Waals surface area contributed by atoms with Crippen molar-refractivity contribution >= 4 is 9.84 Å². The molecule has 0 amide bonds. The van der Waals surface area contributed by atoms with Gasteiger partial charge in [0.1, 0.15) is 0 Å². The molecule has 0 bridgehead atoms. The lowest BCUT2D eigenvalue weighted by Gasteiger charge is -2.01. The van der Waals surface area contributed by atoms with E-state index in [1.165, 1.54) is 6.26 Å². The highest BCUT2D eigenvalue weighted by Crippen LogP contribution is 2.12. The quantitative estimate of drug-likeness (QED) is 0.741. The molecular weight excluding hydrogens is 184 g/mol. The zero-order valence-electron chi connectivity index (χ0n) is 7.66. The van der Waals surface area contributed by atoms with Crippen molar-refractivity contribution < 1.29 is 8.42 Å². The number of benzene rings is 1. The number of aryl methyl sites for hydroxylation is 1. The van der Waals surface area contributed by atoms with Crippen molar-refractivity contribution in [1.82, 2.24) is 0 Å². The summed E-state index contributed by atoms with van der Waals surface area (Å²) in [5.41, 5.74) is 1.03. The molecule has 0 unspecified atom stereocenters. The van der Waals surface area contributed by atoms with Crippen molar-refractivity contribution in [2.75, 3.05) is 6.26 Å². The van der Waals surface area contributed by atoms with E-state index in [0.717, 1.165) is 18.4 Å². The molecule has 0 saturated carbocycles. The summed E-state index contributed by atoms with van der Waals surface area (Å²) in [7, 11) is -3.06. The molecule has 1 aromatic rings. The Labute approximate surface area is 79.5 Å². The molecule has 2 nitrogen and oxygen atoms in total. The smallest absolute Gasteiger partial charge is 0.175 e. The van der Waals surface area contributed by atoms with Crippen LogP contribution in [0.4, 0.5) is 0 Å². The van der Waals surface area contributed by atoms with Crippen LogP contribution in [0.15, 0.2) is 29.2 Å². The van der Waals surface area contributed by atoms with Crippen molar-refractivity contribution in [2.24, 2.45) is 0 Å². The first-order valence-corrected chi connectivity index (χ1v) is 6.01. The normalized spacial score (nSPS) is 11.5. The van der Waals surface area contributed by atoms with Crippen LogP contribution in [0.5, 0.6) is 0 Å². The lowest BCUT2D eigenvalue weighted by molar-refractivity contribution is 0.601. The van der Waals surface area contributed by atoms with E-state index in [0.29, 0.717) is 4.90 Å². The monoisotopic (exact) mass is 197 g/mol. The first-order valence-electron chi connectivity index (χ1n) is 4.12. The lowest BCUT2D eigenvalue weighted by atomic mass is 10.1. The van der Waals surface area contributed by atoms with Gasteiger partial charge < -0.3 is 0 Å². The Hall–Kier alpha value is -0.830. The van der Waals surface area contributed by atoms with Crippen molar-refractivity contribution in [2.45, 2.75) is 17.7 Å². The van der Waals surface area contributed by atoms with Gasteiger partial charge in [-0.3, -0.25) is 0 Å². The van der Waals surface area contributed by atoms with Gasteiger partial charge in [0.2, 0.25) is 0 Å². The molecule has 0 atom stereocenters. The van der Waals surface area contributed by atoms with E-state index in [-0.39, 0.29) is 0 Å². The summed E-state index contributed by atoms with van der Waals surface area (Å²) in [5, 5.41) is 0. The Balaban J connectivity index is 3.06. The maximum atomic E-state index is 11.2. The minimum atomic E-state index is -3.06. The highest BCUT2D eigenvalue weighted by Gasteiger charge is 2.06. The molecule has 71 valence electrons. The SMILES string of the molecule is [CH2]CCc1cccc(S(C)(=O)=O)c1. The van der Waals surface area contributed by atoms with Gasteiger partial charge in [-0.2, -0.15) is 0 Å². The molecule has 0 heterocycles. The Kier molecular flexibility index (Phi) is 3.09. The van der Waals surface area contributed by atoms with Crippen LogP contribution in [-0.4, -0.2) is 14.7 Å². The second kappa shape index (κ2) is 3.92. The fourth-order valence-corrected chi connectivity index (χ4v) is 1.83. The van der Waals surface area contributed by atoms with Crippen molar-refractivity contribution in [3.05, 3.63) is 36.8 Å². The Morgan fingerprint density at radius 3 is 2.62 bits per heavy atom. The molecule has 0 aliphatic rings. The molecule has 3 heteroatoms. The van der Waals surface area contributed by atoms with E-state index < -0.39 is 9.84 Å². The zero-order valence-corrected chi connectivity index (χ0v) is 8.47. The fourth-order valence-electron chi connectivity index (χ4n) is 1.14. The highest BCUT2D eigenvalue weighted by atomic mass is 32.2. The first-order chi connectivity index (χ1) is 6.04. The van der Waals surface area contributed by atoms with Gasteiger partial charge in [-0.25, -0.2) is 8.42 Å². The molecule has 0 aliphatic heterocycles. The van der Waals surface area contributed by atoms with Crippen LogP contribution in [-0.2, 0) is 16.3 Å². The molecule has 0 saturated heterocycles. The van der Waals surface area contributed by atoms with Gasteiger partial charge in [-0.05, 0) is 30.5 Å². The van der Waals surface area contributed by atoms with Gasteiger partial charge in [0.15, 0.2) is 9.84 Å². The number of hydrogen-bond donors (Lipinski definition) is 0. The summed E-state index contributed by atoms with van der Waals surface area (Å²) in [6.07, 6.45) is 2.83. The maximum absolute atomic E-state index is 11.2. The predicted octanol–water partition coefficient (Wildman–Crippen LogP) is 1.86. The van der Waals surface area contributed by atoms with Crippen LogP contribution in [0, 0.1) is 6.92 Å². The second-order valence-corrected chi connectivity index (χ2v) is 5.04. The van der Waals surface area contributed by atoms with Gasteiger partial charge in [0.05, 0.1) is 4.90 Å². The average molecular weight is 197 g/mol. The highest BCUT2D eigenvalue weighted by molar-refractivity contribution is 7.90. The summed E-state index contributed by atoms with van der Waals surface area (Å²) in [6.45, 7) is 3.72. The Morgan fingerprint density at radius 1 is 1.38 bits per heavy atom. The summed E-state index contributed by atoms with van der Waals surface area (Å²) in [4.78, 5) is 0.387. The third kappa shape index (κ3) is 2.84. The van der Waals surface area contributed by atoms with E-state index in [4.69, 9.17) is 0 Å². The van der Waals surface area contributed by atoms with Crippen LogP contribution < -0.4 is 0 Å². The summed E-state index contributed by atoms with van der Waals surface area (Å²) < 4.78 is 22.3. The van der Waals surface area contributed by atoms with Crippen LogP contribution in [0.2, 0.25) is 0 Å². The molecular formula is C10H13O2S. The third-order valence-electron chi connectivity index (χ3n) is 1.79. The number of hydrogen-bond acceptors (Lipinski definition) is 2. The van der Waals surface area contributed by atoms with E-state index in [1.54, 1.807) is 18.2 Å². The van der Waals surface area contributed by atoms with Gasteiger partial charge in [0.25, 0.3) is 0 Å². The zero-order chi connectivity index (χ0) is 9.90. The molecule has 0 N–H and O–H groups in total. The Morgan fingerprint density at radius 2 is 2.08 bits per heavy atom. The van der Waals surface area contributed by atoms with E-state index in [1.807, 2.05) is 6.07 Å². The number of sulfone groups is 1. The lowest BCUT2D eigenvalue weighted by Crippen LogP contribution is -1.97. The first kappa shape index (κ1) is 10.3. The second-order valence-electron chi connectivity index (χ2n) is 3.02. The third-order valence-corrected chi connectivity index (χ3v) is 2.90. The minimum Gasteiger partial charge on any atom is -0.224 e. The average Bonchev–Trinajstić information content (AvgIpc) is 2.04. The summed E-state index contributed by atoms with van der Waals surface area (Å²) in [6, 6.07) is 7.00. The molecule has 1 radical (unpaired) electrons. The van der Waals surface area contributed by atoms with Crippen molar-refractivity contribution in [1.29, 1.82) is 0 Å². The van der Waals surface area contributed by atoms with Gasteiger partial charge in [-0.15, -0.1) is 0 Å². The van der Waals surface area contributed by atoms with E-state index >= 15 is 0 Å². The standard InChI is InChI=1S/C10H13O2S/c1-3-5-9-6-4-7-10(8-9)13(2,11)12/h4,6-8H,1,3,5H2,2H3. The molecule has 1 aromatic carbocycles. The summed E-state index contributed by atoms with van der Waals surface area (Å²) in [5.74, 6) is 0. The molecule has 0 fully saturated rings. The van der Waals surface area contributed by atoms with Gasteiger partial charge >= 0.3 is 0 Å². The topological polar surface area (TPSA) is 34.1 Å². The number of rotatable bonds is 3. The van der Waals surface area contributed by atoms with Crippen molar-refractivity contribution in [3.8, 4) is 0 Å². The van der Waals surface area contributed by atoms with Gasteiger partial charge in [-0.1, -0.05) is 19.1 Å². The molecule has 0 aliphatic carbocycles. The maximum Gasteiger partial charge on any atom is 0.175 e. The van der Waals surface area contributed by atoms with E-state index in [2.05, 4.69) is 6.92 Å². The van der Waals surface area contributed by atoms with Crippen LogP contribution in [0.25, 0.3) is 0 Å². The predicted molar refractivity (Wildman–Crippen MR) is 53.2 cm³/mol. The van der Waals surface area contributed by atoms with Crippen LogP contribution in [0.3, 0.4) is 0 Å². The van der Waals surface area contributed by atoms with Gasteiger partial charge in [0, 0.05) is 6.26 Å². The largest absolute Gasteiger partial charge is 0.224 e. The molecule has 1 rings (SSSR count). The van der Waals surface area contributed by atoms with Crippen LogP contribution >= 0.6 is 0 Å². The molecule has 13 heavy (non-hydrogen) atoms. The fraction of sp³-hybridized carbons (Fsp3) is 0.300. The Bertz CT molecular complexity index is 380. The van der Waals surface area contributed by atoms with Crippen molar-refractivity contribution in [3.63, 3.8) is 0 Å². The van der Waals surface area contributed by atoms with E-state index in [9.17, 15) is 8.42 Å². The summed E-state index contributed by atoms with van der Waals surface area (Å²) >= 11 is 0. The minimum absolute atomic E-state index is 0.387. The molecule has 0 aromatic heterocycles. The molecule has 0 spiro atoms. The van der Waals surface area contributed by atoms with Crippen LogP contribution in [0.1, 0.15) is 12.0 Å².